The summed E-state index contributed by atoms with van der Waals surface area (Å²) in [6, 6.07) is 4.45. The van der Waals surface area contributed by atoms with Gasteiger partial charge in [-0.1, -0.05) is 0 Å². The van der Waals surface area contributed by atoms with Gasteiger partial charge in [0.25, 0.3) is 5.91 Å². The van der Waals surface area contributed by atoms with E-state index in [4.69, 9.17) is 0 Å². The number of aryl methyl sites for hydroxylation is 1. The Morgan fingerprint density at radius 2 is 2.29 bits per heavy atom. The molecule has 94 valence electrons. The van der Waals surface area contributed by atoms with Crippen LogP contribution in [0.3, 0.4) is 0 Å². The fourth-order valence-corrected chi connectivity index (χ4v) is 2.32. The van der Waals surface area contributed by atoms with Crippen molar-refractivity contribution in [3.05, 3.63) is 23.5 Å². The van der Waals surface area contributed by atoms with E-state index in [-0.39, 0.29) is 11.9 Å². The summed E-state index contributed by atoms with van der Waals surface area (Å²) in [4.78, 5) is 12.1. The van der Waals surface area contributed by atoms with Crippen molar-refractivity contribution in [3.8, 4) is 0 Å². The van der Waals surface area contributed by atoms with Crippen molar-refractivity contribution in [2.75, 3.05) is 6.54 Å². The summed E-state index contributed by atoms with van der Waals surface area (Å²) in [6.45, 7) is 5.18. The molecule has 4 heteroatoms. The van der Waals surface area contributed by atoms with Crippen molar-refractivity contribution in [1.29, 1.82) is 0 Å². The third kappa shape index (κ3) is 2.52. The second-order valence-corrected chi connectivity index (χ2v) is 4.88. The molecule has 0 aliphatic carbocycles. The molecule has 1 saturated heterocycles. The van der Waals surface area contributed by atoms with Crippen molar-refractivity contribution < 1.29 is 4.79 Å². The first kappa shape index (κ1) is 12.2. The minimum absolute atomic E-state index is 0.0288. The van der Waals surface area contributed by atoms with E-state index >= 15 is 0 Å². The summed E-state index contributed by atoms with van der Waals surface area (Å²) < 4.78 is 1.93. The summed E-state index contributed by atoms with van der Waals surface area (Å²) in [5.74, 6) is 0.0288. The zero-order chi connectivity index (χ0) is 12.4. The van der Waals surface area contributed by atoms with Gasteiger partial charge >= 0.3 is 0 Å². The lowest BCUT2D eigenvalue weighted by Gasteiger charge is -2.30. The number of hydrogen-bond donors (Lipinski definition) is 2. The molecule has 2 N–H and O–H groups in total. The van der Waals surface area contributed by atoms with Gasteiger partial charge in [-0.15, -0.1) is 0 Å². The van der Waals surface area contributed by atoms with Crippen LogP contribution in [0.1, 0.15) is 35.9 Å². The van der Waals surface area contributed by atoms with E-state index in [0.717, 1.165) is 30.8 Å². The molecule has 1 aliphatic rings. The summed E-state index contributed by atoms with van der Waals surface area (Å²) in [5.41, 5.74) is 1.84. The van der Waals surface area contributed by atoms with Crippen LogP contribution in [0.5, 0.6) is 0 Å². The summed E-state index contributed by atoms with van der Waals surface area (Å²) in [7, 11) is 1.92. The molecule has 1 amide bonds. The van der Waals surface area contributed by atoms with Crippen LogP contribution in [-0.4, -0.2) is 29.1 Å². The third-order valence-corrected chi connectivity index (χ3v) is 3.68. The van der Waals surface area contributed by atoms with Crippen LogP contribution < -0.4 is 10.6 Å². The fourth-order valence-electron chi connectivity index (χ4n) is 2.32. The van der Waals surface area contributed by atoms with Crippen molar-refractivity contribution in [1.82, 2.24) is 15.2 Å². The largest absolute Gasteiger partial charge is 0.346 e. The molecule has 17 heavy (non-hydrogen) atoms. The van der Waals surface area contributed by atoms with Crippen molar-refractivity contribution in [2.24, 2.45) is 7.05 Å². The zero-order valence-corrected chi connectivity index (χ0v) is 10.8. The van der Waals surface area contributed by atoms with Crippen LogP contribution in [-0.2, 0) is 7.05 Å². The number of hydrogen-bond acceptors (Lipinski definition) is 2. The number of carbonyl (C=O) groups excluding carboxylic acids is 1. The molecular weight excluding hydrogens is 214 g/mol. The molecule has 0 spiro atoms. The second kappa shape index (κ2) is 4.92. The highest BCUT2D eigenvalue weighted by Gasteiger charge is 2.23. The van der Waals surface area contributed by atoms with Crippen molar-refractivity contribution in [2.45, 2.75) is 38.8 Å². The van der Waals surface area contributed by atoms with E-state index in [1.54, 1.807) is 0 Å². The van der Waals surface area contributed by atoms with E-state index in [1.807, 2.05) is 30.7 Å². The van der Waals surface area contributed by atoms with E-state index in [0.29, 0.717) is 6.04 Å². The zero-order valence-electron chi connectivity index (χ0n) is 10.8. The number of aromatic nitrogens is 1. The van der Waals surface area contributed by atoms with Gasteiger partial charge in [-0.25, -0.2) is 0 Å². The number of rotatable bonds is 2. The molecule has 4 nitrogen and oxygen atoms in total. The molecule has 0 saturated carbocycles. The molecule has 1 fully saturated rings. The van der Waals surface area contributed by atoms with E-state index in [9.17, 15) is 4.79 Å². The Balaban J connectivity index is 2.03. The van der Waals surface area contributed by atoms with E-state index < -0.39 is 0 Å². The minimum Gasteiger partial charge on any atom is -0.346 e. The topological polar surface area (TPSA) is 46.1 Å². The second-order valence-electron chi connectivity index (χ2n) is 4.88. The normalized spacial score (nSPS) is 24.6. The molecule has 1 aromatic rings. The predicted octanol–water partition coefficient (Wildman–Crippen LogP) is 1.20. The van der Waals surface area contributed by atoms with Gasteiger partial charge < -0.3 is 15.2 Å². The molecule has 0 bridgehead atoms. The first-order valence-electron chi connectivity index (χ1n) is 6.26. The highest BCUT2D eigenvalue weighted by atomic mass is 16.2. The molecule has 1 aliphatic heterocycles. The molecule has 2 atom stereocenters. The maximum Gasteiger partial charge on any atom is 0.268 e. The fraction of sp³-hybridized carbons (Fsp3) is 0.615. The average Bonchev–Trinajstić information content (AvgIpc) is 2.63. The Bertz CT molecular complexity index is 411. The standard InChI is InChI=1S/C13H21N3O/c1-9-6-7-12(16(9)3)13(17)15-11-5-4-8-14-10(11)2/h6-7,10-11,14H,4-5,8H2,1-3H3,(H,15,17). The predicted molar refractivity (Wildman–Crippen MR) is 68.1 cm³/mol. The summed E-state index contributed by atoms with van der Waals surface area (Å²) in [6.07, 6.45) is 2.19. The molecule has 1 aromatic heterocycles. The van der Waals surface area contributed by atoms with E-state index in [1.165, 1.54) is 0 Å². The lowest BCUT2D eigenvalue weighted by atomic mass is 10.00. The van der Waals surface area contributed by atoms with Crippen LogP contribution in [0.15, 0.2) is 12.1 Å². The van der Waals surface area contributed by atoms with Gasteiger partial charge in [0, 0.05) is 24.8 Å². The quantitative estimate of drug-likeness (QED) is 0.809. The first-order chi connectivity index (χ1) is 8.09. The number of nitrogens with zero attached hydrogens (tertiary/aromatic N) is 1. The van der Waals surface area contributed by atoms with Gasteiger partial charge in [0.15, 0.2) is 0 Å². The first-order valence-corrected chi connectivity index (χ1v) is 6.26. The maximum atomic E-state index is 12.1. The van der Waals surface area contributed by atoms with Gasteiger partial charge in [-0.2, -0.15) is 0 Å². The Kier molecular flexibility index (Phi) is 3.52. The molecule has 2 rings (SSSR count). The van der Waals surface area contributed by atoms with Gasteiger partial charge in [0.2, 0.25) is 0 Å². The third-order valence-electron chi connectivity index (χ3n) is 3.68. The van der Waals surface area contributed by atoms with Crippen molar-refractivity contribution in [3.63, 3.8) is 0 Å². The van der Waals surface area contributed by atoms with Crippen LogP contribution >= 0.6 is 0 Å². The molecule has 0 radical (unpaired) electrons. The van der Waals surface area contributed by atoms with Crippen LogP contribution in [0, 0.1) is 6.92 Å². The van der Waals surface area contributed by atoms with Gasteiger partial charge in [-0.05, 0) is 45.4 Å². The molecule has 2 heterocycles. The molecule has 0 aromatic carbocycles. The minimum atomic E-state index is 0.0288. The number of nitrogens with one attached hydrogen (secondary N) is 2. The van der Waals surface area contributed by atoms with E-state index in [2.05, 4.69) is 17.6 Å². The Morgan fingerprint density at radius 1 is 1.53 bits per heavy atom. The number of carbonyl (C=O) groups is 1. The molecule has 2 unspecified atom stereocenters. The molecular formula is C13H21N3O. The number of amides is 1. The Hall–Kier alpha value is -1.29. The highest BCUT2D eigenvalue weighted by molar-refractivity contribution is 5.93. The van der Waals surface area contributed by atoms with Gasteiger partial charge in [-0.3, -0.25) is 4.79 Å². The highest BCUT2D eigenvalue weighted by Crippen LogP contribution is 2.11. The van der Waals surface area contributed by atoms with Crippen molar-refractivity contribution >= 4 is 5.91 Å². The lowest BCUT2D eigenvalue weighted by Crippen LogP contribution is -2.52. The van der Waals surface area contributed by atoms with Crippen LogP contribution in [0.25, 0.3) is 0 Å². The average molecular weight is 235 g/mol. The van der Waals surface area contributed by atoms with Gasteiger partial charge in [0.1, 0.15) is 5.69 Å². The van der Waals surface area contributed by atoms with Crippen LogP contribution in [0.2, 0.25) is 0 Å². The summed E-state index contributed by atoms with van der Waals surface area (Å²) in [5, 5.41) is 6.50. The summed E-state index contributed by atoms with van der Waals surface area (Å²) >= 11 is 0. The number of piperidine rings is 1. The Labute approximate surface area is 102 Å². The monoisotopic (exact) mass is 235 g/mol. The Morgan fingerprint density at radius 3 is 2.88 bits per heavy atom. The maximum absolute atomic E-state index is 12.1. The van der Waals surface area contributed by atoms with Gasteiger partial charge in [0.05, 0.1) is 0 Å². The lowest BCUT2D eigenvalue weighted by molar-refractivity contribution is 0.0911. The SMILES string of the molecule is Cc1ccc(C(=O)NC2CCCNC2C)n1C. The van der Waals surface area contributed by atoms with Crippen LogP contribution in [0.4, 0.5) is 0 Å². The smallest absolute Gasteiger partial charge is 0.268 e.